The molecule has 0 bridgehead atoms. The van der Waals surface area contributed by atoms with Crippen molar-refractivity contribution in [3.05, 3.63) is 48.3 Å². The molecule has 1 amide bonds. The van der Waals surface area contributed by atoms with E-state index in [4.69, 9.17) is 15.7 Å². The number of rotatable bonds is 9. The van der Waals surface area contributed by atoms with Crippen molar-refractivity contribution in [3.63, 3.8) is 0 Å². The van der Waals surface area contributed by atoms with E-state index in [0.717, 1.165) is 0 Å². The van der Waals surface area contributed by atoms with Crippen LogP contribution < -0.4 is 16.0 Å². The highest BCUT2D eigenvalue weighted by Crippen LogP contribution is 2.22. The standard InChI is InChI=1S/C16H18FN7O2/c1-26-14(10-24-5-4-21-22-24)9-23(11-25)13-2-3-16(15(17)6-13)20-8-12(19)7-18/h2-6,8,11,14,20H,9-10,19H2,1H3/b12-8-/t14-/m1/s1. The van der Waals surface area contributed by atoms with Gasteiger partial charge >= 0.3 is 0 Å². The smallest absolute Gasteiger partial charge is 0.214 e. The van der Waals surface area contributed by atoms with Crippen LogP contribution in [0.25, 0.3) is 0 Å². The topological polar surface area (TPSA) is 122 Å². The summed E-state index contributed by atoms with van der Waals surface area (Å²) in [6.45, 7) is 0.592. The lowest BCUT2D eigenvalue weighted by Crippen LogP contribution is -2.35. The maximum absolute atomic E-state index is 14.2. The fraction of sp³-hybridized carbons (Fsp3) is 0.250. The minimum Gasteiger partial charge on any atom is -0.389 e. The SMILES string of the molecule is CO[C@H](CN(C=O)c1ccc(N/C=C(\N)C#N)c(F)c1)Cn1ccnn1. The Balaban J connectivity index is 2.10. The van der Waals surface area contributed by atoms with E-state index in [0.29, 0.717) is 18.6 Å². The monoisotopic (exact) mass is 359 g/mol. The number of hydrogen-bond acceptors (Lipinski definition) is 7. The number of nitriles is 1. The number of nitrogens with two attached hydrogens (primary N) is 1. The molecule has 0 unspecified atom stereocenters. The van der Waals surface area contributed by atoms with Gasteiger partial charge in [0.1, 0.15) is 17.6 Å². The van der Waals surface area contributed by atoms with Crippen molar-refractivity contribution in [1.29, 1.82) is 5.26 Å². The van der Waals surface area contributed by atoms with E-state index in [2.05, 4.69) is 15.6 Å². The van der Waals surface area contributed by atoms with Gasteiger partial charge in [-0.2, -0.15) is 5.26 Å². The van der Waals surface area contributed by atoms with Crippen LogP contribution in [0.5, 0.6) is 0 Å². The number of aromatic nitrogens is 3. The molecule has 1 heterocycles. The summed E-state index contributed by atoms with van der Waals surface area (Å²) >= 11 is 0. The van der Waals surface area contributed by atoms with Crippen molar-refractivity contribution in [2.75, 3.05) is 23.9 Å². The van der Waals surface area contributed by atoms with Gasteiger partial charge < -0.3 is 20.7 Å². The lowest BCUT2D eigenvalue weighted by atomic mass is 10.2. The summed E-state index contributed by atoms with van der Waals surface area (Å²) in [6.07, 6.45) is 4.65. The molecular formula is C16H18FN7O2. The molecule has 0 saturated heterocycles. The van der Waals surface area contributed by atoms with E-state index < -0.39 is 5.82 Å². The van der Waals surface area contributed by atoms with Crippen LogP contribution in [-0.4, -0.2) is 41.2 Å². The third-order valence-electron chi connectivity index (χ3n) is 3.52. The van der Waals surface area contributed by atoms with Gasteiger partial charge in [-0.15, -0.1) is 5.10 Å². The van der Waals surface area contributed by atoms with Gasteiger partial charge in [0.15, 0.2) is 0 Å². The summed E-state index contributed by atoms with van der Waals surface area (Å²) in [4.78, 5) is 12.8. The van der Waals surface area contributed by atoms with E-state index in [1.54, 1.807) is 29.2 Å². The highest BCUT2D eigenvalue weighted by molar-refractivity contribution is 5.76. The molecule has 9 nitrogen and oxygen atoms in total. The van der Waals surface area contributed by atoms with E-state index in [-0.39, 0.29) is 24.0 Å². The third-order valence-corrected chi connectivity index (χ3v) is 3.52. The van der Waals surface area contributed by atoms with Crippen molar-refractivity contribution in [2.45, 2.75) is 12.6 Å². The van der Waals surface area contributed by atoms with E-state index >= 15 is 0 Å². The minimum absolute atomic E-state index is 0.0842. The second-order valence-electron chi connectivity index (χ2n) is 5.26. The number of halogens is 1. The van der Waals surface area contributed by atoms with E-state index in [1.807, 2.05) is 0 Å². The van der Waals surface area contributed by atoms with Gasteiger partial charge in [-0.05, 0) is 18.2 Å². The first kappa shape index (κ1) is 18.9. The first-order valence-electron chi connectivity index (χ1n) is 7.58. The fourth-order valence-electron chi connectivity index (χ4n) is 2.16. The lowest BCUT2D eigenvalue weighted by Gasteiger charge is -2.23. The highest BCUT2D eigenvalue weighted by atomic mass is 19.1. The average Bonchev–Trinajstić information content (AvgIpc) is 3.16. The predicted molar refractivity (Wildman–Crippen MR) is 92.1 cm³/mol. The van der Waals surface area contributed by atoms with Gasteiger partial charge in [0.05, 0.1) is 31.1 Å². The van der Waals surface area contributed by atoms with E-state index in [1.165, 1.54) is 30.3 Å². The maximum Gasteiger partial charge on any atom is 0.214 e. The first-order valence-corrected chi connectivity index (χ1v) is 7.58. The van der Waals surface area contributed by atoms with Crippen LogP contribution >= 0.6 is 0 Å². The molecule has 26 heavy (non-hydrogen) atoms. The number of benzene rings is 1. The third kappa shape index (κ3) is 5.02. The van der Waals surface area contributed by atoms with E-state index in [9.17, 15) is 9.18 Å². The van der Waals surface area contributed by atoms with Gasteiger partial charge in [-0.1, -0.05) is 5.21 Å². The Kier molecular flexibility index (Phi) is 6.64. The Morgan fingerprint density at radius 3 is 3.00 bits per heavy atom. The normalized spacial score (nSPS) is 12.3. The molecule has 0 aliphatic heterocycles. The van der Waals surface area contributed by atoms with Gasteiger partial charge in [0.2, 0.25) is 6.41 Å². The van der Waals surface area contributed by atoms with Gasteiger partial charge in [-0.3, -0.25) is 4.79 Å². The highest BCUT2D eigenvalue weighted by Gasteiger charge is 2.16. The van der Waals surface area contributed by atoms with Crippen LogP contribution in [0.1, 0.15) is 0 Å². The molecule has 2 aromatic rings. The molecular weight excluding hydrogens is 341 g/mol. The zero-order valence-electron chi connectivity index (χ0n) is 14.0. The quantitative estimate of drug-likeness (QED) is 0.502. The fourth-order valence-corrected chi connectivity index (χ4v) is 2.16. The van der Waals surface area contributed by atoms with Crippen molar-refractivity contribution in [2.24, 2.45) is 5.73 Å². The van der Waals surface area contributed by atoms with Crippen LogP contribution in [0.2, 0.25) is 0 Å². The largest absolute Gasteiger partial charge is 0.389 e. The van der Waals surface area contributed by atoms with Crippen molar-refractivity contribution < 1.29 is 13.9 Å². The molecule has 0 radical (unpaired) electrons. The number of allylic oxidation sites excluding steroid dienone is 1. The van der Waals surface area contributed by atoms with Crippen LogP contribution in [0.3, 0.4) is 0 Å². The summed E-state index contributed by atoms with van der Waals surface area (Å²) in [5, 5.41) is 18.7. The first-order chi connectivity index (χ1) is 12.6. The molecule has 0 fully saturated rings. The Morgan fingerprint density at radius 2 is 2.42 bits per heavy atom. The van der Waals surface area contributed by atoms with Crippen LogP contribution in [-0.2, 0) is 16.1 Å². The summed E-state index contributed by atoms with van der Waals surface area (Å²) in [5.41, 5.74) is 5.74. The van der Waals surface area contributed by atoms with Crippen LogP contribution in [0.4, 0.5) is 15.8 Å². The predicted octanol–water partition coefficient (Wildman–Crippen LogP) is 0.831. The number of carbonyl (C=O) groups excluding carboxylic acids is 1. The molecule has 3 N–H and O–H groups in total. The summed E-state index contributed by atoms with van der Waals surface area (Å²) in [5.74, 6) is -0.596. The molecule has 0 saturated carbocycles. The second-order valence-corrected chi connectivity index (χ2v) is 5.26. The molecule has 10 heteroatoms. The second kappa shape index (κ2) is 9.14. The Hall–Kier alpha value is -3.45. The summed E-state index contributed by atoms with van der Waals surface area (Å²) in [6, 6.07) is 5.93. The Bertz CT molecular complexity index is 801. The molecule has 136 valence electrons. The zero-order valence-corrected chi connectivity index (χ0v) is 14.0. The van der Waals surface area contributed by atoms with Gasteiger partial charge in [0.25, 0.3) is 0 Å². The summed E-state index contributed by atoms with van der Waals surface area (Å²) < 4.78 is 21.2. The van der Waals surface area contributed by atoms with Gasteiger partial charge in [-0.25, -0.2) is 9.07 Å². The summed E-state index contributed by atoms with van der Waals surface area (Å²) in [7, 11) is 1.52. The molecule has 1 atom stereocenters. The maximum atomic E-state index is 14.2. The van der Waals surface area contributed by atoms with Crippen molar-refractivity contribution in [3.8, 4) is 6.07 Å². The van der Waals surface area contributed by atoms with Crippen molar-refractivity contribution in [1.82, 2.24) is 15.0 Å². The Morgan fingerprint density at radius 1 is 1.62 bits per heavy atom. The number of anilines is 2. The number of amides is 1. The van der Waals surface area contributed by atoms with Crippen LogP contribution in [0, 0.1) is 17.1 Å². The molecule has 1 aromatic carbocycles. The van der Waals surface area contributed by atoms with Crippen molar-refractivity contribution >= 4 is 17.8 Å². The molecule has 0 spiro atoms. The zero-order chi connectivity index (χ0) is 18.9. The number of nitrogens with one attached hydrogen (secondary N) is 1. The molecule has 2 rings (SSSR count). The lowest BCUT2D eigenvalue weighted by molar-refractivity contribution is -0.107. The Labute approximate surface area is 149 Å². The van der Waals surface area contributed by atoms with Crippen LogP contribution in [0.15, 0.2) is 42.5 Å². The molecule has 0 aliphatic carbocycles. The minimum atomic E-state index is -0.596. The van der Waals surface area contributed by atoms with Gasteiger partial charge in [0, 0.05) is 25.2 Å². The number of ether oxygens (including phenoxy) is 1. The number of carbonyl (C=O) groups is 1. The number of hydrogen-bond donors (Lipinski definition) is 2. The number of methoxy groups -OCH3 is 1. The molecule has 0 aliphatic rings. The average molecular weight is 359 g/mol. The number of nitrogens with zero attached hydrogens (tertiary/aromatic N) is 5. The molecule has 1 aromatic heterocycles.